The van der Waals surface area contributed by atoms with E-state index in [-0.39, 0.29) is 5.60 Å². The van der Waals surface area contributed by atoms with Gasteiger partial charge in [0.1, 0.15) is 0 Å². The predicted molar refractivity (Wildman–Crippen MR) is 92.4 cm³/mol. The Bertz CT molecular complexity index is 283. The normalized spacial score (nSPS) is 27.1. The average molecular weight is 315 g/mol. The van der Waals surface area contributed by atoms with E-state index in [0.29, 0.717) is 12.0 Å². The van der Waals surface area contributed by atoms with Crippen molar-refractivity contribution in [2.45, 2.75) is 76.9 Å². The zero-order chi connectivity index (χ0) is 15.1. The molecule has 2 aliphatic heterocycles. The third-order valence-electron chi connectivity index (χ3n) is 5.46. The molecule has 2 saturated heterocycles. The number of thioether (sulfide) groups is 1. The fourth-order valence-electron chi connectivity index (χ4n) is 4.37. The van der Waals surface area contributed by atoms with E-state index in [9.17, 15) is 0 Å². The van der Waals surface area contributed by atoms with Crippen molar-refractivity contribution in [2.75, 3.05) is 18.1 Å². The molecule has 2 heterocycles. The van der Waals surface area contributed by atoms with E-state index in [4.69, 9.17) is 10.6 Å². The fraction of sp³-hybridized carbons (Fsp3) is 1.00. The van der Waals surface area contributed by atoms with E-state index in [2.05, 4.69) is 31.0 Å². The molecule has 3 N–H and O–H groups in total. The zero-order valence-electron chi connectivity index (χ0n) is 13.9. The molecule has 2 fully saturated rings. The van der Waals surface area contributed by atoms with E-state index in [1.807, 2.05) is 0 Å². The van der Waals surface area contributed by atoms with Crippen molar-refractivity contribution in [1.82, 2.24) is 5.43 Å². The molecule has 3 nitrogen and oxygen atoms in total. The monoisotopic (exact) mass is 314 g/mol. The Balaban J connectivity index is 2.02. The molecule has 4 heteroatoms. The average Bonchev–Trinajstić information content (AvgIpc) is 2.49. The van der Waals surface area contributed by atoms with Crippen LogP contribution < -0.4 is 11.3 Å². The Kier molecular flexibility index (Phi) is 7.33. The molecule has 0 bridgehead atoms. The standard InChI is InChI=1S/C17H34N2OS/c1-3-5-14(6-4-2)16(19-18)15-7-10-20-17(13-15)8-11-21-12-9-17/h14-16,19H,3-13,18H2,1-2H3. The van der Waals surface area contributed by atoms with Gasteiger partial charge in [-0.2, -0.15) is 11.8 Å². The van der Waals surface area contributed by atoms with Gasteiger partial charge in [0.25, 0.3) is 0 Å². The first kappa shape index (κ1) is 17.6. The summed E-state index contributed by atoms with van der Waals surface area (Å²) in [7, 11) is 0. The second kappa shape index (κ2) is 8.76. The SMILES string of the molecule is CCCC(CCC)C(NN)C1CCOC2(CCSCC2)C1. The van der Waals surface area contributed by atoms with Crippen LogP contribution in [0.3, 0.4) is 0 Å². The molecule has 0 radical (unpaired) electrons. The summed E-state index contributed by atoms with van der Waals surface area (Å²) in [6, 6.07) is 0.472. The van der Waals surface area contributed by atoms with Gasteiger partial charge in [-0.05, 0) is 61.9 Å². The number of rotatable bonds is 7. The molecule has 2 aliphatic rings. The molecule has 124 valence electrons. The molecular formula is C17H34N2OS. The highest BCUT2D eigenvalue weighted by Gasteiger charge is 2.42. The number of hydrazine groups is 1. The highest BCUT2D eigenvalue weighted by atomic mass is 32.2. The summed E-state index contributed by atoms with van der Waals surface area (Å²) >= 11 is 2.08. The van der Waals surface area contributed by atoms with Crippen LogP contribution in [-0.4, -0.2) is 29.8 Å². The molecule has 0 aromatic rings. The van der Waals surface area contributed by atoms with Crippen molar-refractivity contribution >= 4 is 11.8 Å². The second-order valence-electron chi connectivity index (χ2n) is 6.93. The van der Waals surface area contributed by atoms with Gasteiger partial charge >= 0.3 is 0 Å². The fourth-order valence-corrected chi connectivity index (χ4v) is 5.60. The van der Waals surface area contributed by atoms with E-state index < -0.39 is 0 Å². The van der Waals surface area contributed by atoms with E-state index in [1.165, 1.54) is 62.9 Å². The van der Waals surface area contributed by atoms with Gasteiger partial charge in [-0.15, -0.1) is 0 Å². The topological polar surface area (TPSA) is 47.3 Å². The van der Waals surface area contributed by atoms with Crippen molar-refractivity contribution in [3.63, 3.8) is 0 Å². The highest BCUT2D eigenvalue weighted by Crippen LogP contribution is 2.42. The van der Waals surface area contributed by atoms with Gasteiger partial charge in [0, 0.05) is 12.6 Å². The van der Waals surface area contributed by atoms with Crippen LogP contribution in [0, 0.1) is 11.8 Å². The summed E-state index contributed by atoms with van der Waals surface area (Å²) in [5.74, 6) is 9.93. The number of ether oxygens (including phenoxy) is 1. The van der Waals surface area contributed by atoms with Crippen molar-refractivity contribution in [1.29, 1.82) is 0 Å². The molecule has 1 spiro atoms. The third kappa shape index (κ3) is 4.60. The molecule has 2 atom stereocenters. The molecular weight excluding hydrogens is 280 g/mol. The van der Waals surface area contributed by atoms with Crippen molar-refractivity contribution in [3.05, 3.63) is 0 Å². The smallest absolute Gasteiger partial charge is 0.0701 e. The minimum atomic E-state index is 0.173. The second-order valence-corrected chi connectivity index (χ2v) is 8.15. The maximum absolute atomic E-state index is 6.25. The van der Waals surface area contributed by atoms with Crippen LogP contribution in [0.5, 0.6) is 0 Å². The first-order valence-corrected chi connectivity index (χ1v) is 10.1. The van der Waals surface area contributed by atoms with Crippen LogP contribution in [0.25, 0.3) is 0 Å². The van der Waals surface area contributed by atoms with Crippen LogP contribution in [0.2, 0.25) is 0 Å². The molecule has 0 aliphatic carbocycles. The lowest BCUT2D eigenvalue weighted by Gasteiger charge is -2.46. The molecule has 21 heavy (non-hydrogen) atoms. The molecule has 0 aromatic heterocycles. The maximum atomic E-state index is 6.25. The Labute approximate surface area is 135 Å². The third-order valence-corrected chi connectivity index (χ3v) is 6.45. The number of nitrogens with two attached hydrogens (primary N) is 1. The van der Waals surface area contributed by atoms with Crippen LogP contribution in [0.4, 0.5) is 0 Å². The zero-order valence-corrected chi connectivity index (χ0v) is 14.7. The van der Waals surface area contributed by atoms with Crippen molar-refractivity contribution in [2.24, 2.45) is 17.7 Å². The van der Waals surface area contributed by atoms with E-state index >= 15 is 0 Å². The Morgan fingerprint density at radius 2 is 1.90 bits per heavy atom. The summed E-state index contributed by atoms with van der Waals surface area (Å²) in [5.41, 5.74) is 3.38. The van der Waals surface area contributed by atoms with Gasteiger partial charge in [-0.25, -0.2) is 0 Å². The summed E-state index contributed by atoms with van der Waals surface area (Å²) in [6.07, 6.45) is 9.96. The van der Waals surface area contributed by atoms with Crippen LogP contribution in [0.1, 0.15) is 65.2 Å². The van der Waals surface area contributed by atoms with Gasteiger partial charge in [-0.1, -0.05) is 26.7 Å². The molecule has 0 amide bonds. The molecule has 2 unspecified atom stereocenters. The number of hydrogen-bond acceptors (Lipinski definition) is 4. The lowest BCUT2D eigenvalue weighted by molar-refractivity contribution is -0.110. The Morgan fingerprint density at radius 1 is 1.24 bits per heavy atom. The first-order valence-electron chi connectivity index (χ1n) is 8.92. The van der Waals surface area contributed by atoms with Gasteiger partial charge in [0.2, 0.25) is 0 Å². The largest absolute Gasteiger partial charge is 0.375 e. The van der Waals surface area contributed by atoms with Crippen LogP contribution in [0.15, 0.2) is 0 Å². The Hall–Kier alpha value is 0.230. The molecule has 0 saturated carbocycles. The minimum absolute atomic E-state index is 0.173. The molecule has 2 rings (SSSR count). The lowest BCUT2D eigenvalue weighted by Crippen LogP contribution is -2.52. The lowest BCUT2D eigenvalue weighted by atomic mass is 9.73. The van der Waals surface area contributed by atoms with E-state index in [1.54, 1.807) is 0 Å². The molecule has 0 aromatic carbocycles. The number of nitrogens with one attached hydrogen (secondary N) is 1. The summed E-state index contributed by atoms with van der Waals surface area (Å²) in [4.78, 5) is 0. The quantitative estimate of drug-likeness (QED) is 0.555. The highest BCUT2D eigenvalue weighted by molar-refractivity contribution is 7.99. The minimum Gasteiger partial charge on any atom is -0.375 e. The Morgan fingerprint density at radius 3 is 2.48 bits per heavy atom. The number of hydrogen-bond donors (Lipinski definition) is 2. The maximum Gasteiger partial charge on any atom is 0.0701 e. The predicted octanol–water partition coefficient (Wildman–Crippen LogP) is 3.73. The summed E-state index contributed by atoms with van der Waals surface area (Å²) < 4.78 is 6.25. The van der Waals surface area contributed by atoms with Crippen molar-refractivity contribution in [3.8, 4) is 0 Å². The van der Waals surface area contributed by atoms with Crippen LogP contribution >= 0.6 is 11.8 Å². The first-order chi connectivity index (χ1) is 10.2. The van der Waals surface area contributed by atoms with Gasteiger partial charge in [0.05, 0.1) is 5.60 Å². The van der Waals surface area contributed by atoms with Gasteiger partial charge < -0.3 is 4.74 Å². The summed E-state index contributed by atoms with van der Waals surface area (Å²) in [5, 5.41) is 0. The van der Waals surface area contributed by atoms with Gasteiger partial charge in [0.15, 0.2) is 0 Å². The summed E-state index contributed by atoms with van der Waals surface area (Å²) in [6.45, 7) is 5.51. The van der Waals surface area contributed by atoms with Crippen molar-refractivity contribution < 1.29 is 4.74 Å². The van der Waals surface area contributed by atoms with Gasteiger partial charge in [-0.3, -0.25) is 11.3 Å². The van der Waals surface area contributed by atoms with E-state index in [0.717, 1.165) is 12.5 Å². The van der Waals surface area contributed by atoms with Crippen LogP contribution in [-0.2, 0) is 4.74 Å².